The maximum absolute atomic E-state index is 12.8. The second kappa shape index (κ2) is 5.41. The number of hydrogen-bond donors (Lipinski definition) is 0. The lowest BCUT2D eigenvalue weighted by molar-refractivity contribution is 0.477. The van der Waals surface area contributed by atoms with E-state index >= 15 is 0 Å². The monoisotopic (exact) mass is 370 g/mol. The van der Waals surface area contributed by atoms with Crippen molar-refractivity contribution in [2.75, 3.05) is 24.5 Å². The summed E-state index contributed by atoms with van der Waals surface area (Å²) >= 11 is 3.44. The minimum atomic E-state index is -3.41. The Morgan fingerprint density at radius 1 is 1.24 bits per heavy atom. The van der Waals surface area contributed by atoms with Gasteiger partial charge in [-0.25, -0.2) is 8.42 Å². The number of nitrogens with zero attached hydrogens (tertiary/aromatic N) is 2. The first-order valence-corrected chi connectivity index (χ1v) is 9.40. The Labute approximate surface area is 134 Å². The van der Waals surface area contributed by atoms with Gasteiger partial charge in [0.1, 0.15) is 0 Å². The van der Waals surface area contributed by atoms with Gasteiger partial charge in [-0.15, -0.1) is 0 Å². The fourth-order valence-electron chi connectivity index (χ4n) is 3.05. The summed E-state index contributed by atoms with van der Waals surface area (Å²) in [7, 11) is -3.41. The van der Waals surface area contributed by atoms with E-state index in [9.17, 15) is 8.42 Å². The Balaban J connectivity index is 2.08. The van der Waals surface area contributed by atoms with Crippen molar-refractivity contribution in [3.05, 3.63) is 34.4 Å². The molecule has 6 heteroatoms. The normalized spacial score (nSPS) is 19.0. The van der Waals surface area contributed by atoms with Crippen molar-refractivity contribution < 1.29 is 8.42 Å². The number of fused-ring (bicyclic) bond motifs is 1. The van der Waals surface area contributed by atoms with Crippen LogP contribution in [0.1, 0.15) is 25.3 Å². The van der Waals surface area contributed by atoms with Crippen LogP contribution < -0.4 is 4.90 Å². The van der Waals surface area contributed by atoms with Crippen LogP contribution in [0.5, 0.6) is 0 Å². The second-order valence-electron chi connectivity index (χ2n) is 5.66. The maximum atomic E-state index is 12.8. The van der Waals surface area contributed by atoms with Crippen molar-refractivity contribution >= 4 is 31.6 Å². The molecule has 1 saturated heterocycles. The van der Waals surface area contributed by atoms with Crippen molar-refractivity contribution in [3.8, 4) is 0 Å². The van der Waals surface area contributed by atoms with Gasteiger partial charge in [-0.1, -0.05) is 6.58 Å². The molecule has 0 N–H and O–H groups in total. The van der Waals surface area contributed by atoms with Crippen LogP contribution in [0.2, 0.25) is 0 Å². The van der Waals surface area contributed by atoms with E-state index in [-0.39, 0.29) is 0 Å². The van der Waals surface area contributed by atoms with E-state index in [1.54, 1.807) is 10.4 Å². The molecular formula is C15H19BrN2O2S. The van der Waals surface area contributed by atoms with E-state index in [0.29, 0.717) is 22.5 Å². The Bertz CT molecular complexity index is 694. The van der Waals surface area contributed by atoms with Gasteiger partial charge in [0.05, 0.1) is 4.90 Å². The van der Waals surface area contributed by atoms with E-state index in [2.05, 4.69) is 27.4 Å². The Hall–Kier alpha value is -0.850. The summed E-state index contributed by atoms with van der Waals surface area (Å²) in [6, 6.07) is 3.75. The van der Waals surface area contributed by atoms with Crippen LogP contribution in [-0.4, -0.2) is 32.4 Å². The van der Waals surface area contributed by atoms with Gasteiger partial charge in [-0.2, -0.15) is 4.31 Å². The summed E-state index contributed by atoms with van der Waals surface area (Å²) in [4.78, 5) is 2.46. The minimum Gasteiger partial charge on any atom is -0.345 e. The largest absolute Gasteiger partial charge is 0.345 e. The Kier molecular flexibility index (Phi) is 3.88. The average Bonchev–Trinajstić information content (AvgIpc) is 3.06. The predicted molar refractivity (Wildman–Crippen MR) is 88.0 cm³/mol. The fourth-order valence-corrected chi connectivity index (χ4v) is 5.64. The molecule has 1 aromatic rings. The Morgan fingerprint density at radius 3 is 2.52 bits per heavy atom. The van der Waals surface area contributed by atoms with Crippen molar-refractivity contribution in [1.82, 2.24) is 4.31 Å². The quantitative estimate of drug-likeness (QED) is 0.820. The zero-order valence-electron chi connectivity index (χ0n) is 12.1. The smallest absolute Gasteiger partial charge is 0.244 e. The molecule has 1 aromatic carbocycles. The summed E-state index contributed by atoms with van der Waals surface area (Å²) in [5.74, 6) is 0. The third-order valence-electron chi connectivity index (χ3n) is 4.17. The molecule has 0 unspecified atom stereocenters. The lowest BCUT2D eigenvalue weighted by atomic mass is 10.2. The topological polar surface area (TPSA) is 40.6 Å². The molecular weight excluding hydrogens is 352 g/mol. The van der Waals surface area contributed by atoms with E-state index in [0.717, 1.165) is 37.2 Å². The third kappa shape index (κ3) is 2.53. The average molecular weight is 371 g/mol. The molecule has 2 aliphatic heterocycles. The molecule has 0 saturated carbocycles. The number of anilines is 1. The maximum Gasteiger partial charge on any atom is 0.244 e. The summed E-state index contributed by atoms with van der Waals surface area (Å²) in [6.45, 7) is 8.04. The van der Waals surface area contributed by atoms with Crippen LogP contribution in [-0.2, 0) is 16.4 Å². The van der Waals surface area contributed by atoms with E-state index < -0.39 is 10.0 Å². The highest BCUT2D eigenvalue weighted by Crippen LogP contribution is 2.38. The zero-order valence-corrected chi connectivity index (χ0v) is 14.5. The first kappa shape index (κ1) is 15.1. The van der Waals surface area contributed by atoms with Gasteiger partial charge in [0.25, 0.3) is 0 Å². The zero-order chi connectivity index (χ0) is 15.2. The molecule has 0 radical (unpaired) electrons. The third-order valence-corrected chi connectivity index (χ3v) is 7.03. The van der Waals surface area contributed by atoms with Crippen LogP contribution in [0.15, 0.2) is 33.8 Å². The van der Waals surface area contributed by atoms with Gasteiger partial charge >= 0.3 is 0 Å². The van der Waals surface area contributed by atoms with Gasteiger partial charge in [-0.3, -0.25) is 0 Å². The molecule has 0 aliphatic carbocycles. The first-order valence-electron chi connectivity index (χ1n) is 7.17. The lowest BCUT2D eigenvalue weighted by Crippen LogP contribution is -2.28. The van der Waals surface area contributed by atoms with Crippen LogP contribution in [0.4, 0.5) is 5.69 Å². The standard InChI is InChI=1S/C15H19BrN2O2S/c1-11(2)18-8-5-12-9-13(16)15(10-14(12)18)21(19,20)17-6-3-4-7-17/h9-10H,1,3-8H2,2H3. The molecule has 21 heavy (non-hydrogen) atoms. The van der Waals surface area contributed by atoms with Gasteiger partial charge in [0, 0.05) is 35.5 Å². The molecule has 2 heterocycles. The Morgan fingerprint density at radius 2 is 1.90 bits per heavy atom. The summed E-state index contributed by atoms with van der Waals surface area (Å²) < 4.78 is 27.8. The highest BCUT2D eigenvalue weighted by atomic mass is 79.9. The highest BCUT2D eigenvalue weighted by Gasteiger charge is 2.31. The SMILES string of the molecule is C=C(C)N1CCc2cc(Br)c(S(=O)(=O)N3CCCC3)cc21. The van der Waals surface area contributed by atoms with Crippen molar-refractivity contribution in [1.29, 1.82) is 0 Å². The van der Waals surface area contributed by atoms with Crippen molar-refractivity contribution in [2.45, 2.75) is 31.1 Å². The van der Waals surface area contributed by atoms with E-state index in [1.807, 2.05) is 13.0 Å². The van der Waals surface area contributed by atoms with Gasteiger partial charge in [0.2, 0.25) is 10.0 Å². The predicted octanol–water partition coefficient (Wildman–Crippen LogP) is 3.13. The molecule has 0 aromatic heterocycles. The fraction of sp³-hybridized carbons (Fsp3) is 0.467. The minimum absolute atomic E-state index is 0.372. The molecule has 3 rings (SSSR count). The molecule has 0 spiro atoms. The first-order chi connectivity index (χ1) is 9.91. The number of halogens is 1. The molecule has 4 nitrogen and oxygen atoms in total. The summed E-state index contributed by atoms with van der Waals surface area (Å²) in [5.41, 5.74) is 3.09. The number of sulfonamides is 1. The van der Waals surface area contributed by atoms with Crippen LogP contribution >= 0.6 is 15.9 Å². The van der Waals surface area contributed by atoms with Crippen LogP contribution in [0.3, 0.4) is 0 Å². The van der Waals surface area contributed by atoms with Gasteiger partial charge in [0.15, 0.2) is 0 Å². The van der Waals surface area contributed by atoms with E-state index in [4.69, 9.17) is 0 Å². The number of hydrogen-bond acceptors (Lipinski definition) is 3. The molecule has 0 bridgehead atoms. The molecule has 0 amide bonds. The lowest BCUT2D eigenvalue weighted by Gasteiger charge is -2.22. The van der Waals surface area contributed by atoms with Crippen molar-refractivity contribution in [2.24, 2.45) is 0 Å². The van der Waals surface area contributed by atoms with Gasteiger partial charge < -0.3 is 4.90 Å². The summed E-state index contributed by atoms with van der Waals surface area (Å²) in [6.07, 6.45) is 2.81. The second-order valence-corrected chi connectivity index (χ2v) is 8.42. The van der Waals surface area contributed by atoms with Crippen LogP contribution in [0.25, 0.3) is 0 Å². The number of rotatable bonds is 3. The molecule has 1 fully saturated rings. The highest BCUT2D eigenvalue weighted by molar-refractivity contribution is 9.10. The van der Waals surface area contributed by atoms with Crippen LogP contribution in [0, 0.1) is 0 Å². The molecule has 114 valence electrons. The van der Waals surface area contributed by atoms with Gasteiger partial charge in [-0.05, 0) is 59.8 Å². The van der Waals surface area contributed by atoms with Crippen molar-refractivity contribution in [3.63, 3.8) is 0 Å². The number of allylic oxidation sites excluding steroid dienone is 1. The van der Waals surface area contributed by atoms with E-state index in [1.165, 1.54) is 5.56 Å². The summed E-state index contributed by atoms with van der Waals surface area (Å²) in [5, 5.41) is 0. The molecule has 0 atom stereocenters. The number of benzene rings is 1. The molecule has 2 aliphatic rings.